The zero-order chi connectivity index (χ0) is 21.3. The highest BCUT2D eigenvalue weighted by Crippen LogP contribution is 2.71. The number of fused-ring (bicyclic) bond motifs is 4. The molecule has 6 rings (SSSR count). The van der Waals surface area contributed by atoms with E-state index in [1.54, 1.807) is 0 Å². The molecule has 6 fully saturated rings. The van der Waals surface area contributed by atoms with Gasteiger partial charge in [-0.2, -0.15) is 0 Å². The largest absolute Gasteiger partial charge is 0.349 e. The highest BCUT2D eigenvalue weighted by molar-refractivity contribution is 5.16. The van der Waals surface area contributed by atoms with Gasteiger partial charge in [0.2, 0.25) is 0 Å². The third-order valence-corrected chi connectivity index (χ3v) is 10.2. The van der Waals surface area contributed by atoms with Crippen LogP contribution in [0.25, 0.3) is 0 Å². The lowest BCUT2D eigenvalue weighted by atomic mass is 9.44. The lowest BCUT2D eigenvalue weighted by Gasteiger charge is -2.63. The average molecular weight is 438 g/mol. The van der Waals surface area contributed by atoms with Gasteiger partial charge in [0.1, 0.15) is 6.10 Å². The van der Waals surface area contributed by atoms with E-state index in [1.807, 2.05) is 0 Å². The van der Waals surface area contributed by atoms with Gasteiger partial charge in [0.15, 0.2) is 12.1 Å². The maximum Gasteiger partial charge on any atom is 0.294 e. The van der Waals surface area contributed by atoms with Crippen molar-refractivity contribution < 1.29 is 28.9 Å². The van der Waals surface area contributed by atoms with E-state index in [-0.39, 0.29) is 29.1 Å². The quantitative estimate of drug-likeness (QED) is 0.481. The third-order valence-electron chi connectivity index (χ3n) is 10.2. The van der Waals surface area contributed by atoms with Gasteiger partial charge in [0, 0.05) is 6.42 Å². The van der Waals surface area contributed by atoms with Crippen molar-refractivity contribution in [1.82, 2.24) is 0 Å². The topological polar surface area (TPSA) is 89.3 Å². The van der Waals surface area contributed by atoms with Gasteiger partial charge >= 0.3 is 0 Å². The maximum atomic E-state index is 11.4. The number of ether oxygens (including phenoxy) is 4. The van der Waals surface area contributed by atoms with Crippen molar-refractivity contribution in [2.24, 2.45) is 34.5 Å². The summed E-state index contributed by atoms with van der Waals surface area (Å²) >= 11 is 0. The Kier molecular flexibility index (Phi) is 4.84. The van der Waals surface area contributed by atoms with Gasteiger partial charge in [-0.3, -0.25) is 0 Å². The molecule has 0 N–H and O–H groups in total. The van der Waals surface area contributed by atoms with Gasteiger partial charge in [-0.05, 0) is 67.6 Å². The molecule has 2 bridgehead atoms. The Balaban J connectivity index is 1.41. The molecule has 4 aliphatic carbocycles. The molecule has 0 aromatic carbocycles. The molecule has 8 nitrogen and oxygen atoms in total. The minimum absolute atomic E-state index is 0.0958. The first kappa shape index (κ1) is 20.6. The molecule has 31 heavy (non-hydrogen) atoms. The second kappa shape index (κ2) is 7.27. The zero-order valence-electron chi connectivity index (χ0n) is 18.5. The molecule has 0 aromatic heterocycles. The second-order valence-electron chi connectivity index (χ2n) is 11.0. The highest BCUT2D eigenvalue weighted by atomic mass is 17.0. The van der Waals surface area contributed by atoms with Crippen LogP contribution in [0, 0.1) is 44.6 Å². The minimum Gasteiger partial charge on any atom is -0.349 e. The molecule has 4 saturated carbocycles. The van der Waals surface area contributed by atoms with Crippen molar-refractivity contribution in [3.63, 3.8) is 0 Å². The molecular weight excluding hydrogens is 402 g/mol. The Morgan fingerprint density at radius 1 is 0.903 bits per heavy atom. The summed E-state index contributed by atoms with van der Waals surface area (Å²) in [6.07, 6.45) is 8.57. The van der Waals surface area contributed by atoms with E-state index in [1.165, 1.54) is 6.42 Å². The van der Waals surface area contributed by atoms with Crippen LogP contribution < -0.4 is 0 Å². The first-order chi connectivity index (χ1) is 15.0. The minimum atomic E-state index is -0.649. The fourth-order valence-corrected chi connectivity index (χ4v) is 9.24. The van der Waals surface area contributed by atoms with E-state index in [0.717, 1.165) is 51.4 Å². The molecular formula is C23H35NO7. The van der Waals surface area contributed by atoms with E-state index >= 15 is 0 Å². The molecule has 2 saturated heterocycles. The van der Waals surface area contributed by atoms with Crippen LogP contribution in [0.5, 0.6) is 0 Å². The van der Waals surface area contributed by atoms with E-state index in [0.29, 0.717) is 44.2 Å². The number of hydrogen-bond acceptors (Lipinski definition) is 7. The standard InChI is InChI=1S/C23H35NO7/c1-21-7-3-2-4-18(21)19(31-24(25)26)14-15-16(21)5-8-22-17(15)6-9-23(22)29-12-10-27-20(22)28-11-13-30-23/h15-20H,2-14H2,1H3/t15-,16+,17+,18?,19+,20?,21-,22+,23?/m1/s1. The molecule has 0 aromatic rings. The summed E-state index contributed by atoms with van der Waals surface area (Å²) in [4.78, 5) is 16.8. The SMILES string of the molecule is C[C@]12CCCCC1[C@@H](O[N+](=O)[O-])C[C@@H]1[C@@H]2CC[C@]23C4OCCOC2(CC[C@@H]13)OCCO4. The van der Waals surface area contributed by atoms with Crippen molar-refractivity contribution >= 4 is 0 Å². The normalized spacial score (nSPS) is 53.7. The molecule has 174 valence electrons. The summed E-state index contributed by atoms with van der Waals surface area (Å²) in [5, 5.41) is 10.9. The number of hydrogen-bond donors (Lipinski definition) is 0. The number of nitrogens with zero attached hydrogens (tertiary/aromatic N) is 1. The lowest BCUT2D eigenvalue weighted by Crippen LogP contribution is -2.64. The highest BCUT2D eigenvalue weighted by Gasteiger charge is 2.73. The first-order valence-electron chi connectivity index (χ1n) is 12.3. The van der Waals surface area contributed by atoms with Crippen molar-refractivity contribution in [3.8, 4) is 0 Å². The Labute approximate surface area is 183 Å². The predicted octanol–water partition coefficient (Wildman–Crippen LogP) is 3.70. The van der Waals surface area contributed by atoms with Gasteiger partial charge < -0.3 is 23.8 Å². The molecule has 1 unspecified atom stereocenters. The van der Waals surface area contributed by atoms with Gasteiger partial charge in [-0.25, -0.2) is 0 Å². The molecule has 2 aliphatic heterocycles. The maximum absolute atomic E-state index is 11.4. The summed E-state index contributed by atoms with van der Waals surface area (Å²) in [7, 11) is 0. The summed E-state index contributed by atoms with van der Waals surface area (Å²) in [5.74, 6) is 0.835. The molecule has 8 heteroatoms. The van der Waals surface area contributed by atoms with Gasteiger partial charge in [-0.1, -0.05) is 19.8 Å². The van der Waals surface area contributed by atoms with Crippen LogP contribution in [-0.2, 0) is 23.8 Å². The summed E-state index contributed by atoms with van der Waals surface area (Å²) in [6, 6.07) is 0. The van der Waals surface area contributed by atoms with E-state index < -0.39 is 10.9 Å². The van der Waals surface area contributed by atoms with Crippen molar-refractivity contribution in [2.75, 3.05) is 26.4 Å². The summed E-state index contributed by atoms with van der Waals surface area (Å²) in [5.41, 5.74) is -0.239. The van der Waals surface area contributed by atoms with E-state index in [9.17, 15) is 10.1 Å². The molecule has 0 radical (unpaired) electrons. The fourth-order valence-electron chi connectivity index (χ4n) is 9.24. The Morgan fingerprint density at radius 2 is 1.65 bits per heavy atom. The van der Waals surface area contributed by atoms with Gasteiger partial charge in [0.05, 0.1) is 31.8 Å². The smallest absolute Gasteiger partial charge is 0.294 e. The van der Waals surface area contributed by atoms with Crippen molar-refractivity contribution in [2.45, 2.75) is 82.9 Å². The summed E-state index contributed by atoms with van der Waals surface area (Å²) < 4.78 is 25.4. The van der Waals surface area contributed by atoms with Crippen LogP contribution >= 0.6 is 0 Å². The molecule has 1 spiro atoms. The Morgan fingerprint density at radius 3 is 2.39 bits per heavy atom. The molecule has 7 atom stereocenters. The van der Waals surface area contributed by atoms with Crippen LogP contribution in [0.2, 0.25) is 0 Å². The monoisotopic (exact) mass is 437 g/mol. The lowest BCUT2D eigenvalue weighted by molar-refractivity contribution is -0.773. The van der Waals surface area contributed by atoms with Crippen LogP contribution in [0.15, 0.2) is 0 Å². The van der Waals surface area contributed by atoms with Gasteiger partial charge in [0.25, 0.3) is 5.09 Å². The number of rotatable bonds is 2. The van der Waals surface area contributed by atoms with Gasteiger partial charge in [-0.15, -0.1) is 10.1 Å². The molecule has 2 heterocycles. The van der Waals surface area contributed by atoms with Crippen LogP contribution in [0.1, 0.15) is 64.7 Å². The average Bonchev–Trinajstić information content (AvgIpc) is 2.91. The third kappa shape index (κ3) is 2.74. The Hall–Kier alpha value is -0.960. The molecule has 0 amide bonds. The second-order valence-corrected chi connectivity index (χ2v) is 11.0. The fraction of sp³-hybridized carbons (Fsp3) is 1.00. The predicted molar refractivity (Wildman–Crippen MR) is 108 cm³/mol. The van der Waals surface area contributed by atoms with E-state index in [2.05, 4.69) is 6.92 Å². The zero-order valence-corrected chi connectivity index (χ0v) is 18.5. The first-order valence-corrected chi connectivity index (χ1v) is 12.3. The summed E-state index contributed by atoms with van der Waals surface area (Å²) in [6.45, 7) is 4.48. The Bertz CT molecular complexity index is 721. The molecule has 6 aliphatic rings. The van der Waals surface area contributed by atoms with Crippen LogP contribution in [0.3, 0.4) is 0 Å². The van der Waals surface area contributed by atoms with Crippen molar-refractivity contribution in [3.05, 3.63) is 10.1 Å². The van der Waals surface area contributed by atoms with Crippen LogP contribution in [-0.4, -0.2) is 49.7 Å². The van der Waals surface area contributed by atoms with Crippen molar-refractivity contribution in [1.29, 1.82) is 0 Å². The van der Waals surface area contributed by atoms with Crippen LogP contribution in [0.4, 0.5) is 0 Å². The van der Waals surface area contributed by atoms with E-state index in [4.69, 9.17) is 23.8 Å².